The average Bonchev–Trinajstić information content (AvgIpc) is 2.73. The number of aryl methyl sites for hydroxylation is 1. The normalized spacial score (nSPS) is 20.7. The van der Waals surface area contributed by atoms with E-state index in [9.17, 15) is 8.42 Å². The van der Waals surface area contributed by atoms with Crippen molar-refractivity contribution in [3.8, 4) is 0 Å². The molecule has 5 heteroatoms. The molecule has 1 atom stereocenters. The van der Waals surface area contributed by atoms with Gasteiger partial charge in [0.15, 0.2) is 9.84 Å². The van der Waals surface area contributed by atoms with E-state index >= 15 is 0 Å². The lowest BCUT2D eigenvalue weighted by Gasteiger charge is -2.28. The summed E-state index contributed by atoms with van der Waals surface area (Å²) in [5.74, 6) is 1.04. The quantitative estimate of drug-likeness (QED) is 0.910. The fraction of sp³-hybridized carbons (Fsp3) is 0.692. The molecular weight excluding hydrogens is 250 g/mol. The van der Waals surface area contributed by atoms with E-state index in [1.54, 1.807) is 20.1 Å². The summed E-state index contributed by atoms with van der Waals surface area (Å²) < 4.78 is 28.0. The summed E-state index contributed by atoms with van der Waals surface area (Å²) in [4.78, 5) is 0. The Bertz CT molecular complexity index is 516. The number of hydrogen-bond acceptors (Lipinski definition) is 4. The minimum atomic E-state index is -3.05. The van der Waals surface area contributed by atoms with Gasteiger partial charge in [0.25, 0.3) is 0 Å². The molecule has 0 aliphatic heterocycles. The molecular formula is C13H21NO3S. The Kier molecular flexibility index (Phi) is 3.56. The summed E-state index contributed by atoms with van der Waals surface area (Å²) in [6.07, 6.45) is 6.10. The van der Waals surface area contributed by atoms with Gasteiger partial charge >= 0.3 is 0 Å². The average molecular weight is 271 g/mol. The third-order valence-corrected chi connectivity index (χ3v) is 5.98. The highest BCUT2D eigenvalue weighted by Gasteiger charge is 2.32. The Hall–Kier alpha value is -0.810. The van der Waals surface area contributed by atoms with Crippen molar-refractivity contribution in [1.29, 1.82) is 0 Å². The first-order chi connectivity index (χ1) is 8.31. The molecule has 0 radical (unpaired) electrons. The van der Waals surface area contributed by atoms with Crippen molar-refractivity contribution >= 4 is 9.84 Å². The highest BCUT2D eigenvalue weighted by molar-refractivity contribution is 7.92. The van der Waals surface area contributed by atoms with Gasteiger partial charge in [0, 0.05) is 30.8 Å². The molecule has 2 rings (SSSR count). The summed E-state index contributed by atoms with van der Waals surface area (Å²) in [7, 11) is -3.05. The Balaban J connectivity index is 2.05. The Morgan fingerprint density at radius 3 is 2.89 bits per heavy atom. The van der Waals surface area contributed by atoms with Crippen LogP contribution in [0.4, 0.5) is 0 Å². The van der Waals surface area contributed by atoms with Crippen LogP contribution in [0.15, 0.2) is 16.7 Å². The molecule has 18 heavy (non-hydrogen) atoms. The third-order valence-electron chi connectivity index (χ3n) is 3.83. The van der Waals surface area contributed by atoms with Gasteiger partial charge in [-0.25, -0.2) is 8.42 Å². The van der Waals surface area contributed by atoms with E-state index in [0.29, 0.717) is 6.54 Å². The SMILES string of the molecule is CC(C)(CNC1CCCc2occc21)S(C)(=O)=O. The molecule has 0 saturated heterocycles. The van der Waals surface area contributed by atoms with Crippen LogP contribution in [0, 0.1) is 0 Å². The summed E-state index contributed by atoms with van der Waals surface area (Å²) in [5.41, 5.74) is 1.19. The van der Waals surface area contributed by atoms with E-state index in [2.05, 4.69) is 5.32 Å². The van der Waals surface area contributed by atoms with E-state index in [4.69, 9.17) is 4.42 Å². The molecule has 1 aliphatic rings. The molecule has 1 heterocycles. The predicted octanol–water partition coefficient (Wildman–Crippen LogP) is 2.07. The van der Waals surface area contributed by atoms with E-state index in [-0.39, 0.29) is 6.04 Å². The zero-order valence-electron chi connectivity index (χ0n) is 11.2. The standard InChI is InChI=1S/C13H21NO3S/c1-13(2,18(3,15)16)9-14-11-5-4-6-12-10(11)7-8-17-12/h7-8,11,14H,4-6,9H2,1-3H3. The molecule has 0 saturated carbocycles. The van der Waals surface area contributed by atoms with Crippen LogP contribution in [0.5, 0.6) is 0 Å². The van der Waals surface area contributed by atoms with Crippen LogP contribution in [0.3, 0.4) is 0 Å². The van der Waals surface area contributed by atoms with Crippen LogP contribution >= 0.6 is 0 Å². The molecule has 0 spiro atoms. The Morgan fingerprint density at radius 1 is 1.50 bits per heavy atom. The lowest BCUT2D eigenvalue weighted by Crippen LogP contribution is -2.43. The third kappa shape index (κ3) is 2.62. The monoisotopic (exact) mass is 271 g/mol. The van der Waals surface area contributed by atoms with Crippen molar-refractivity contribution in [2.45, 2.75) is 43.9 Å². The van der Waals surface area contributed by atoms with E-state index in [1.807, 2.05) is 6.07 Å². The van der Waals surface area contributed by atoms with Gasteiger partial charge in [0.1, 0.15) is 5.76 Å². The van der Waals surface area contributed by atoms with E-state index in [0.717, 1.165) is 25.0 Å². The van der Waals surface area contributed by atoms with Gasteiger partial charge in [-0.1, -0.05) is 0 Å². The smallest absolute Gasteiger partial charge is 0.153 e. The van der Waals surface area contributed by atoms with Crippen molar-refractivity contribution in [2.75, 3.05) is 12.8 Å². The van der Waals surface area contributed by atoms with Crippen LogP contribution in [0.25, 0.3) is 0 Å². The highest BCUT2D eigenvalue weighted by Crippen LogP contribution is 2.30. The second kappa shape index (κ2) is 4.70. The maximum Gasteiger partial charge on any atom is 0.153 e. The maximum atomic E-state index is 11.7. The van der Waals surface area contributed by atoms with Gasteiger partial charge in [0.05, 0.1) is 11.0 Å². The van der Waals surface area contributed by atoms with E-state index < -0.39 is 14.6 Å². The van der Waals surface area contributed by atoms with Gasteiger partial charge in [-0.05, 0) is 32.8 Å². The number of hydrogen-bond donors (Lipinski definition) is 1. The van der Waals surface area contributed by atoms with Crippen molar-refractivity contribution in [1.82, 2.24) is 5.32 Å². The fourth-order valence-corrected chi connectivity index (χ4v) is 2.54. The van der Waals surface area contributed by atoms with Crippen LogP contribution < -0.4 is 5.32 Å². The summed E-state index contributed by atoms with van der Waals surface area (Å²) in [5, 5.41) is 3.37. The predicted molar refractivity (Wildman–Crippen MR) is 71.3 cm³/mol. The number of sulfone groups is 1. The first-order valence-electron chi connectivity index (χ1n) is 6.30. The lowest BCUT2D eigenvalue weighted by molar-refractivity contribution is 0.397. The van der Waals surface area contributed by atoms with Gasteiger partial charge < -0.3 is 9.73 Å². The first kappa shape index (κ1) is 13.6. The van der Waals surface area contributed by atoms with Gasteiger partial charge in [0.2, 0.25) is 0 Å². The van der Waals surface area contributed by atoms with Crippen LogP contribution in [-0.4, -0.2) is 26.0 Å². The van der Waals surface area contributed by atoms with Crippen LogP contribution in [-0.2, 0) is 16.3 Å². The summed E-state index contributed by atoms with van der Waals surface area (Å²) in [6, 6.07) is 2.20. The molecule has 102 valence electrons. The maximum absolute atomic E-state index is 11.7. The minimum absolute atomic E-state index is 0.216. The zero-order valence-corrected chi connectivity index (χ0v) is 12.0. The molecule has 1 unspecified atom stereocenters. The van der Waals surface area contributed by atoms with Gasteiger partial charge in [-0.2, -0.15) is 0 Å². The molecule has 1 aromatic rings. The fourth-order valence-electron chi connectivity index (χ4n) is 2.20. The minimum Gasteiger partial charge on any atom is -0.469 e. The molecule has 0 bridgehead atoms. The summed E-state index contributed by atoms with van der Waals surface area (Å²) >= 11 is 0. The second-order valence-electron chi connectivity index (χ2n) is 5.66. The number of fused-ring (bicyclic) bond motifs is 1. The van der Waals surface area contributed by atoms with E-state index in [1.165, 1.54) is 11.8 Å². The molecule has 1 aliphatic carbocycles. The topological polar surface area (TPSA) is 59.3 Å². The number of nitrogens with one attached hydrogen (secondary N) is 1. The molecule has 0 fully saturated rings. The Labute approximate surface area is 109 Å². The largest absolute Gasteiger partial charge is 0.469 e. The molecule has 4 nitrogen and oxygen atoms in total. The van der Waals surface area contributed by atoms with Crippen LogP contribution in [0.1, 0.15) is 44.1 Å². The molecule has 0 aromatic carbocycles. The number of furan rings is 1. The second-order valence-corrected chi connectivity index (χ2v) is 8.31. The van der Waals surface area contributed by atoms with Crippen molar-refractivity contribution in [2.24, 2.45) is 0 Å². The van der Waals surface area contributed by atoms with Crippen LogP contribution in [0.2, 0.25) is 0 Å². The lowest BCUT2D eigenvalue weighted by atomic mass is 9.93. The highest BCUT2D eigenvalue weighted by atomic mass is 32.2. The zero-order chi connectivity index (χ0) is 13.4. The molecule has 1 aromatic heterocycles. The first-order valence-corrected chi connectivity index (χ1v) is 8.20. The van der Waals surface area contributed by atoms with Crippen molar-refractivity contribution < 1.29 is 12.8 Å². The molecule has 0 amide bonds. The number of rotatable bonds is 4. The van der Waals surface area contributed by atoms with Crippen molar-refractivity contribution in [3.05, 3.63) is 23.7 Å². The molecule has 1 N–H and O–H groups in total. The summed E-state index contributed by atoms with van der Waals surface area (Å²) in [6.45, 7) is 3.98. The Morgan fingerprint density at radius 2 is 2.22 bits per heavy atom. The van der Waals surface area contributed by atoms with Gasteiger partial charge in [-0.15, -0.1) is 0 Å². The van der Waals surface area contributed by atoms with Crippen molar-refractivity contribution in [3.63, 3.8) is 0 Å². The van der Waals surface area contributed by atoms with Gasteiger partial charge in [-0.3, -0.25) is 0 Å².